The van der Waals surface area contributed by atoms with E-state index in [-0.39, 0.29) is 0 Å². The maximum Gasteiger partial charge on any atom is -0.0321 e. The quantitative estimate of drug-likeness (QED) is 0.530. The van der Waals surface area contributed by atoms with Gasteiger partial charge in [0, 0.05) is 0 Å². The molecule has 2 aliphatic rings. The fraction of sp³-hybridized carbons (Fsp3) is 1.00. The Morgan fingerprint density at radius 1 is 0.650 bits per heavy atom. The molecule has 2 fully saturated rings. The van der Waals surface area contributed by atoms with Crippen molar-refractivity contribution in [2.45, 2.75) is 98.8 Å². The first-order valence-corrected chi connectivity index (χ1v) is 9.28. The minimum atomic E-state index is 0.476. The van der Waals surface area contributed by atoms with Crippen LogP contribution in [0.15, 0.2) is 0 Å². The molecule has 0 aliphatic heterocycles. The van der Waals surface area contributed by atoms with Crippen molar-refractivity contribution in [3.05, 3.63) is 0 Å². The van der Waals surface area contributed by atoms with Gasteiger partial charge in [-0.2, -0.15) is 0 Å². The van der Waals surface area contributed by atoms with Crippen LogP contribution in [-0.4, -0.2) is 0 Å². The lowest BCUT2D eigenvalue weighted by Crippen LogP contribution is -2.33. The van der Waals surface area contributed by atoms with Gasteiger partial charge in [0.2, 0.25) is 0 Å². The first-order valence-electron chi connectivity index (χ1n) is 9.28. The van der Waals surface area contributed by atoms with Crippen molar-refractivity contribution in [3.8, 4) is 0 Å². The molecule has 0 atom stereocenters. The molecule has 0 aromatic carbocycles. The van der Waals surface area contributed by atoms with E-state index in [9.17, 15) is 0 Å². The number of hydrogen-bond acceptors (Lipinski definition) is 0. The predicted octanol–water partition coefficient (Wildman–Crippen LogP) is 6.84. The Bertz CT molecular complexity index is 280. The van der Waals surface area contributed by atoms with Crippen molar-refractivity contribution < 1.29 is 0 Å². The highest BCUT2D eigenvalue weighted by molar-refractivity contribution is 4.88. The van der Waals surface area contributed by atoms with Crippen LogP contribution in [-0.2, 0) is 0 Å². The van der Waals surface area contributed by atoms with E-state index in [0.29, 0.717) is 10.8 Å². The van der Waals surface area contributed by atoms with E-state index in [0.717, 1.165) is 17.8 Å². The second-order valence-electron chi connectivity index (χ2n) is 9.74. The zero-order chi connectivity index (χ0) is 14.8. The lowest BCUT2D eigenvalue weighted by Gasteiger charge is -2.44. The third-order valence-electron chi connectivity index (χ3n) is 6.18. The van der Waals surface area contributed by atoms with Gasteiger partial charge in [0.1, 0.15) is 0 Å². The molecule has 2 aliphatic carbocycles. The van der Waals surface area contributed by atoms with Crippen LogP contribution >= 0.6 is 0 Å². The van der Waals surface area contributed by atoms with Crippen molar-refractivity contribution in [2.75, 3.05) is 0 Å². The van der Waals surface area contributed by atoms with Crippen LogP contribution in [0, 0.1) is 28.6 Å². The summed E-state index contributed by atoms with van der Waals surface area (Å²) in [6.07, 6.45) is 15.1. The van der Waals surface area contributed by atoms with E-state index in [1.54, 1.807) is 12.8 Å². The first-order chi connectivity index (χ1) is 9.28. The molecule has 0 N–H and O–H groups in total. The van der Waals surface area contributed by atoms with Gasteiger partial charge in [0.05, 0.1) is 0 Å². The Hall–Kier alpha value is 0. The van der Waals surface area contributed by atoms with Crippen molar-refractivity contribution in [1.29, 1.82) is 0 Å². The highest BCUT2D eigenvalue weighted by Crippen LogP contribution is 2.48. The van der Waals surface area contributed by atoms with E-state index in [2.05, 4.69) is 34.6 Å². The van der Waals surface area contributed by atoms with Gasteiger partial charge >= 0.3 is 0 Å². The molecule has 0 bridgehead atoms. The Labute approximate surface area is 128 Å². The second kappa shape index (κ2) is 6.41. The minimum Gasteiger partial charge on any atom is -0.0602 e. The van der Waals surface area contributed by atoms with E-state index < -0.39 is 0 Å². The normalized spacial score (nSPS) is 30.4. The summed E-state index contributed by atoms with van der Waals surface area (Å²) in [4.78, 5) is 0. The van der Waals surface area contributed by atoms with Crippen LogP contribution < -0.4 is 0 Å². The standard InChI is InChI=1S/C20H38/c1-19(2,3)15-20(4,5)18-13-11-17(12-14-18)16-9-7-6-8-10-16/h16-18H,6-15H2,1-5H3. The summed E-state index contributed by atoms with van der Waals surface area (Å²) in [5, 5.41) is 0. The smallest absolute Gasteiger partial charge is 0.0321 e. The topological polar surface area (TPSA) is 0 Å². The highest BCUT2D eigenvalue weighted by atomic mass is 14.4. The second-order valence-corrected chi connectivity index (χ2v) is 9.74. The van der Waals surface area contributed by atoms with Crippen molar-refractivity contribution >= 4 is 0 Å². The monoisotopic (exact) mass is 278 g/mol. The van der Waals surface area contributed by atoms with E-state index in [1.165, 1.54) is 51.4 Å². The summed E-state index contributed by atoms with van der Waals surface area (Å²) in [7, 11) is 0. The highest BCUT2D eigenvalue weighted by Gasteiger charge is 2.37. The van der Waals surface area contributed by atoms with Gasteiger partial charge in [-0.15, -0.1) is 0 Å². The van der Waals surface area contributed by atoms with Gasteiger partial charge in [-0.3, -0.25) is 0 Å². The molecule has 0 amide bonds. The lowest BCUT2D eigenvalue weighted by molar-refractivity contribution is 0.0670. The molecule has 0 nitrogen and oxygen atoms in total. The van der Waals surface area contributed by atoms with Crippen LogP contribution in [0.4, 0.5) is 0 Å². The zero-order valence-electron chi connectivity index (χ0n) is 14.8. The summed E-state index contributed by atoms with van der Waals surface area (Å²) < 4.78 is 0. The van der Waals surface area contributed by atoms with Gasteiger partial charge in [-0.25, -0.2) is 0 Å². The van der Waals surface area contributed by atoms with E-state index in [4.69, 9.17) is 0 Å². The minimum absolute atomic E-state index is 0.476. The van der Waals surface area contributed by atoms with Crippen LogP contribution in [0.1, 0.15) is 98.8 Å². The molecule has 0 spiro atoms. The maximum absolute atomic E-state index is 2.53. The first kappa shape index (κ1) is 16.4. The fourth-order valence-electron chi connectivity index (χ4n) is 5.49. The van der Waals surface area contributed by atoms with Gasteiger partial charge in [0.15, 0.2) is 0 Å². The Kier molecular flexibility index (Phi) is 5.24. The molecule has 0 radical (unpaired) electrons. The molecule has 118 valence electrons. The van der Waals surface area contributed by atoms with E-state index >= 15 is 0 Å². The molecule has 0 heterocycles. The molecule has 0 heteroatoms. The number of hydrogen-bond donors (Lipinski definition) is 0. The Balaban J connectivity index is 1.84. The molecule has 0 unspecified atom stereocenters. The maximum atomic E-state index is 2.53. The number of rotatable bonds is 3. The van der Waals surface area contributed by atoms with Crippen molar-refractivity contribution in [1.82, 2.24) is 0 Å². The summed E-state index contributed by atoms with van der Waals surface area (Å²) in [5.74, 6) is 3.15. The van der Waals surface area contributed by atoms with Gasteiger partial charge in [-0.05, 0) is 60.7 Å². The molecule has 0 aromatic rings. The van der Waals surface area contributed by atoms with Crippen molar-refractivity contribution in [2.24, 2.45) is 28.6 Å². The third-order valence-corrected chi connectivity index (χ3v) is 6.18. The summed E-state index contributed by atoms with van der Waals surface area (Å²) in [6.45, 7) is 12.3. The van der Waals surface area contributed by atoms with Crippen LogP contribution in [0.2, 0.25) is 0 Å². The Morgan fingerprint density at radius 3 is 1.65 bits per heavy atom. The van der Waals surface area contributed by atoms with Crippen LogP contribution in [0.5, 0.6) is 0 Å². The van der Waals surface area contributed by atoms with Crippen LogP contribution in [0.25, 0.3) is 0 Å². The average molecular weight is 279 g/mol. The summed E-state index contributed by atoms with van der Waals surface area (Å²) >= 11 is 0. The van der Waals surface area contributed by atoms with E-state index in [1.807, 2.05) is 0 Å². The average Bonchev–Trinajstić information content (AvgIpc) is 2.37. The van der Waals surface area contributed by atoms with Crippen molar-refractivity contribution in [3.63, 3.8) is 0 Å². The predicted molar refractivity (Wildman–Crippen MR) is 89.9 cm³/mol. The molecule has 20 heavy (non-hydrogen) atoms. The fourth-order valence-corrected chi connectivity index (χ4v) is 5.49. The van der Waals surface area contributed by atoms with Gasteiger partial charge in [-0.1, -0.05) is 66.7 Å². The molecule has 0 aromatic heterocycles. The SMILES string of the molecule is CC(C)(C)CC(C)(C)C1CCC(C2CCCCC2)CC1. The molecular weight excluding hydrogens is 240 g/mol. The molecule has 2 saturated carbocycles. The van der Waals surface area contributed by atoms with Gasteiger partial charge < -0.3 is 0 Å². The van der Waals surface area contributed by atoms with Crippen LogP contribution in [0.3, 0.4) is 0 Å². The Morgan fingerprint density at radius 2 is 1.15 bits per heavy atom. The lowest BCUT2D eigenvalue weighted by atomic mass is 9.61. The molecular formula is C20H38. The zero-order valence-corrected chi connectivity index (χ0v) is 14.8. The largest absolute Gasteiger partial charge is 0.0602 e. The summed E-state index contributed by atoms with van der Waals surface area (Å²) in [5.41, 5.74) is 1.01. The van der Waals surface area contributed by atoms with Gasteiger partial charge in [0.25, 0.3) is 0 Å². The third kappa shape index (κ3) is 4.50. The molecule has 0 saturated heterocycles. The molecule has 2 rings (SSSR count). The summed E-state index contributed by atoms with van der Waals surface area (Å²) in [6, 6.07) is 0.